The van der Waals surface area contributed by atoms with Crippen LogP contribution in [0.3, 0.4) is 0 Å². The molecule has 0 atom stereocenters. The van der Waals surface area contributed by atoms with Crippen LogP contribution in [0.5, 0.6) is 0 Å². The zero-order valence-electron chi connectivity index (χ0n) is 12.5. The Labute approximate surface area is 205 Å². The quantitative estimate of drug-likeness (QED) is 0.234. The predicted octanol–water partition coefficient (Wildman–Crippen LogP) is 5.84. The number of benzene rings is 2. The summed E-state index contributed by atoms with van der Waals surface area (Å²) in [6.45, 7) is -0.508. The maximum Gasteiger partial charge on any atom is 0.340 e. The molecule has 0 saturated carbocycles. The molecule has 5 nitrogen and oxygen atoms in total. The van der Waals surface area contributed by atoms with Gasteiger partial charge in [-0.1, -0.05) is 34.8 Å². The third kappa shape index (κ3) is 5.40. The molecule has 3 N–H and O–H groups in total. The third-order valence-corrected chi connectivity index (χ3v) is 6.69. The molecule has 0 aromatic heterocycles. The number of amides is 1. The lowest BCUT2D eigenvalue weighted by molar-refractivity contribution is -0.119. The summed E-state index contributed by atoms with van der Waals surface area (Å²) in [5, 5.41) is 3.19. The Kier molecular flexibility index (Phi) is 8.35. The summed E-state index contributed by atoms with van der Waals surface area (Å²) >= 11 is 23.9. The normalized spacial score (nSPS) is 10.5. The Balaban J connectivity index is 2.09. The van der Waals surface area contributed by atoms with Crippen molar-refractivity contribution in [3.63, 3.8) is 0 Å². The van der Waals surface area contributed by atoms with Crippen LogP contribution in [0.4, 0.5) is 11.4 Å². The molecule has 0 bridgehead atoms. The molecule has 0 unspecified atom stereocenters. The van der Waals surface area contributed by atoms with Crippen LogP contribution in [0.25, 0.3) is 0 Å². The highest BCUT2D eigenvalue weighted by atomic mass is 127. The summed E-state index contributed by atoms with van der Waals surface area (Å²) in [7, 11) is 0. The highest BCUT2D eigenvalue weighted by Gasteiger charge is 2.21. The van der Waals surface area contributed by atoms with Gasteiger partial charge in [-0.05, 0) is 86.0 Å². The van der Waals surface area contributed by atoms with Crippen LogP contribution in [0, 0.1) is 10.7 Å². The van der Waals surface area contributed by atoms with E-state index in [2.05, 4.69) is 27.9 Å². The number of carbonyl (C=O) groups is 2. The molecule has 2 rings (SSSR count). The molecule has 2 aromatic rings. The second kappa shape index (κ2) is 9.63. The lowest BCUT2D eigenvalue weighted by Crippen LogP contribution is -2.22. The third-order valence-electron chi connectivity index (χ3n) is 3.02. The maximum atomic E-state index is 12.3. The van der Waals surface area contributed by atoms with Gasteiger partial charge >= 0.3 is 5.97 Å². The number of halogens is 6. The van der Waals surface area contributed by atoms with E-state index in [1.54, 1.807) is 6.07 Å². The summed E-state index contributed by atoms with van der Waals surface area (Å²) in [4.78, 5) is 24.4. The number of rotatable bonds is 4. The van der Waals surface area contributed by atoms with E-state index in [4.69, 9.17) is 45.3 Å². The first kappa shape index (κ1) is 22.5. The van der Waals surface area contributed by atoms with Gasteiger partial charge in [0.15, 0.2) is 6.61 Å². The number of nitrogens with one attached hydrogen (secondary N) is 1. The van der Waals surface area contributed by atoms with Crippen molar-refractivity contribution in [3.8, 4) is 0 Å². The van der Waals surface area contributed by atoms with E-state index in [1.807, 2.05) is 45.2 Å². The van der Waals surface area contributed by atoms with Crippen LogP contribution in [0.15, 0.2) is 18.2 Å². The molecular weight excluding hydrogens is 743 g/mol. The van der Waals surface area contributed by atoms with Gasteiger partial charge in [-0.3, -0.25) is 4.79 Å². The number of carbonyl (C=O) groups excluding carboxylic acids is 2. The first-order valence-corrected chi connectivity index (χ1v) is 11.0. The van der Waals surface area contributed by atoms with Crippen molar-refractivity contribution >= 4 is 126 Å². The highest BCUT2D eigenvalue weighted by molar-refractivity contribution is 14.1. The summed E-state index contributed by atoms with van der Waals surface area (Å²) in [5.74, 6) is -1.24. The standard InChI is InChI=1S/C15H8Cl3I3N2O3/c16-5-1-6(17)14(7(18)2-5)23-10(24)4-26-15(25)11-8(19)3-9(20)13(22)12(11)21/h1-3H,4,22H2,(H,23,24). The molecule has 0 aliphatic rings. The molecule has 1 amide bonds. The lowest BCUT2D eigenvalue weighted by Gasteiger charge is -2.12. The molecule has 138 valence electrons. The number of esters is 1. The number of nitrogen functional groups attached to an aromatic ring is 1. The van der Waals surface area contributed by atoms with E-state index in [0.717, 1.165) is 3.57 Å². The van der Waals surface area contributed by atoms with Gasteiger partial charge in [0.25, 0.3) is 5.91 Å². The molecular formula is C15H8Cl3I3N2O3. The Morgan fingerprint density at radius 1 is 1.04 bits per heavy atom. The molecule has 0 heterocycles. The Morgan fingerprint density at radius 3 is 2.19 bits per heavy atom. The number of nitrogens with two attached hydrogens (primary N) is 1. The van der Waals surface area contributed by atoms with E-state index in [1.165, 1.54) is 12.1 Å². The molecule has 0 saturated heterocycles. The zero-order valence-corrected chi connectivity index (χ0v) is 21.2. The van der Waals surface area contributed by atoms with Crippen LogP contribution in [0.2, 0.25) is 15.1 Å². The number of hydrogen-bond donors (Lipinski definition) is 2. The van der Waals surface area contributed by atoms with Crippen molar-refractivity contribution in [3.05, 3.63) is 49.5 Å². The van der Waals surface area contributed by atoms with Gasteiger partial charge in [0.2, 0.25) is 0 Å². The maximum absolute atomic E-state index is 12.3. The Morgan fingerprint density at radius 2 is 1.62 bits per heavy atom. The van der Waals surface area contributed by atoms with Crippen molar-refractivity contribution in [2.24, 2.45) is 0 Å². The van der Waals surface area contributed by atoms with Crippen LogP contribution < -0.4 is 11.1 Å². The van der Waals surface area contributed by atoms with Gasteiger partial charge in [0.05, 0.1) is 30.6 Å². The molecule has 0 aliphatic heterocycles. The largest absolute Gasteiger partial charge is 0.452 e. The summed E-state index contributed by atoms with van der Waals surface area (Å²) in [6, 6.07) is 4.65. The lowest BCUT2D eigenvalue weighted by atomic mass is 10.2. The van der Waals surface area contributed by atoms with Gasteiger partial charge in [-0.25, -0.2) is 4.79 Å². The second-order valence-corrected chi connectivity index (χ2v) is 9.47. The van der Waals surface area contributed by atoms with Crippen molar-refractivity contribution in [1.82, 2.24) is 0 Å². The minimum absolute atomic E-state index is 0.177. The average Bonchev–Trinajstić information content (AvgIpc) is 2.54. The SMILES string of the molecule is Nc1c(I)cc(I)c(C(=O)OCC(=O)Nc2c(Cl)cc(Cl)cc2Cl)c1I. The predicted molar refractivity (Wildman–Crippen MR) is 129 cm³/mol. The fraction of sp³-hybridized carbons (Fsp3) is 0.0667. The molecule has 0 aliphatic carbocycles. The van der Waals surface area contributed by atoms with Gasteiger partial charge in [-0.2, -0.15) is 0 Å². The minimum atomic E-state index is -0.648. The van der Waals surface area contributed by atoms with Gasteiger partial charge in [0, 0.05) is 12.2 Å². The molecule has 0 spiro atoms. The molecule has 2 aromatic carbocycles. The van der Waals surface area contributed by atoms with Crippen molar-refractivity contribution in [2.45, 2.75) is 0 Å². The highest BCUT2D eigenvalue weighted by Crippen LogP contribution is 2.34. The molecule has 11 heteroatoms. The second-order valence-electron chi connectivity index (χ2n) is 4.81. The summed E-state index contributed by atoms with van der Waals surface area (Å²) in [5.41, 5.74) is 6.95. The summed E-state index contributed by atoms with van der Waals surface area (Å²) in [6.07, 6.45) is 0. The number of anilines is 2. The van der Waals surface area contributed by atoms with E-state index >= 15 is 0 Å². The first-order chi connectivity index (χ1) is 12.1. The number of ether oxygens (including phenoxy) is 1. The van der Waals surface area contributed by atoms with E-state index in [0.29, 0.717) is 23.4 Å². The monoisotopic (exact) mass is 750 g/mol. The fourth-order valence-electron chi connectivity index (χ4n) is 1.83. The zero-order chi connectivity index (χ0) is 19.6. The summed E-state index contributed by atoms with van der Waals surface area (Å²) < 4.78 is 7.18. The van der Waals surface area contributed by atoms with Gasteiger partial charge < -0.3 is 15.8 Å². The average molecular weight is 751 g/mol. The van der Waals surface area contributed by atoms with E-state index in [9.17, 15) is 9.59 Å². The minimum Gasteiger partial charge on any atom is -0.452 e. The van der Waals surface area contributed by atoms with Crippen molar-refractivity contribution in [2.75, 3.05) is 17.7 Å². The first-order valence-electron chi connectivity index (χ1n) is 6.66. The number of hydrogen-bond acceptors (Lipinski definition) is 4. The Bertz CT molecular complexity index is 886. The molecule has 0 fully saturated rings. The van der Waals surface area contributed by atoms with E-state index < -0.39 is 18.5 Å². The van der Waals surface area contributed by atoms with Crippen LogP contribution in [0.1, 0.15) is 10.4 Å². The molecule has 0 radical (unpaired) electrons. The van der Waals surface area contributed by atoms with E-state index in [-0.39, 0.29) is 15.7 Å². The van der Waals surface area contributed by atoms with Crippen molar-refractivity contribution < 1.29 is 14.3 Å². The van der Waals surface area contributed by atoms with Gasteiger partial charge in [0.1, 0.15) is 0 Å². The Hall–Kier alpha value is 0.240. The van der Waals surface area contributed by atoms with Crippen LogP contribution >= 0.6 is 103 Å². The topological polar surface area (TPSA) is 81.4 Å². The van der Waals surface area contributed by atoms with Crippen LogP contribution in [-0.2, 0) is 9.53 Å². The fourth-order valence-corrected chi connectivity index (χ4v) is 6.56. The van der Waals surface area contributed by atoms with Crippen molar-refractivity contribution in [1.29, 1.82) is 0 Å². The molecule has 26 heavy (non-hydrogen) atoms. The van der Waals surface area contributed by atoms with Crippen LogP contribution in [-0.4, -0.2) is 18.5 Å². The smallest absolute Gasteiger partial charge is 0.340 e. The van der Waals surface area contributed by atoms with Gasteiger partial charge in [-0.15, -0.1) is 0 Å².